The number of aromatic nitrogens is 3. The van der Waals surface area contributed by atoms with E-state index in [0.717, 1.165) is 31.3 Å². The van der Waals surface area contributed by atoms with E-state index in [1.807, 2.05) is 4.68 Å². The van der Waals surface area contributed by atoms with Gasteiger partial charge in [-0.1, -0.05) is 18.2 Å². The Morgan fingerprint density at radius 2 is 2.12 bits per heavy atom. The molecule has 130 valence electrons. The lowest BCUT2D eigenvalue weighted by Crippen LogP contribution is -2.29. The monoisotopic (exact) mass is 340 g/mol. The smallest absolute Gasteiger partial charge is 0.377 e. The first-order valence-electron chi connectivity index (χ1n) is 7.80. The van der Waals surface area contributed by atoms with E-state index in [4.69, 9.17) is 4.74 Å². The maximum atomic E-state index is 13.1. The van der Waals surface area contributed by atoms with Gasteiger partial charge in [0.25, 0.3) is 0 Å². The van der Waals surface area contributed by atoms with Crippen LogP contribution in [0.4, 0.5) is 13.2 Å². The van der Waals surface area contributed by atoms with Crippen molar-refractivity contribution in [3.05, 3.63) is 47.0 Å². The van der Waals surface area contributed by atoms with Gasteiger partial charge in [0.2, 0.25) is 0 Å². The molecule has 1 aliphatic heterocycles. The van der Waals surface area contributed by atoms with Crippen LogP contribution in [0.1, 0.15) is 41.7 Å². The van der Waals surface area contributed by atoms with E-state index in [2.05, 4.69) is 15.4 Å². The Morgan fingerprint density at radius 3 is 2.88 bits per heavy atom. The SMILES string of the molecule is COCc1nc2n(n1)CCC[C@@H]2NCc1ccccc1C(F)(F)F. The van der Waals surface area contributed by atoms with Gasteiger partial charge in [-0.05, 0) is 24.5 Å². The summed E-state index contributed by atoms with van der Waals surface area (Å²) in [5, 5.41) is 7.56. The van der Waals surface area contributed by atoms with Gasteiger partial charge in [0.15, 0.2) is 5.82 Å². The first kappa shape index (κ1) is 16.9. The van der Waals surface area contributed by atoms with Gasteiger partial charge in [-0.25, -0.2) is 9.67 Å². The molecule has 0 spiro atoms. The normalized spacial score (nSPS) is 17.8. The summed E-state index contributed by atoms with van der Waals surface area (Å²) in [4.78, 5) is 4.45. The van der Waals surface area contributed by atoms with Crippen LogP contribution in [-0.2, 0) is 30.6 Å². The first-order chi connectivity index (χ1) is 11.5. The molecule has 0 unspecified atom stereocenters. The molecule has 3 rings (SSSR count). The summed E-state index contributed by atoms with van der Waals surface area (Å²) < 4.78 is 46.1. The number of nitrogens with zero attached hydrogens (tertiary/aromatic N) is 3. The zero-order valence-electron chi connectivity index (χ0n) is 13.3. The molecule has 1 aromatic carbocycles. The van der Waals surface area contributed by atoms with Gasteiger partial charge in [0, 0.05) is 20.2 Å². The van der Waals surface area contributed by atoms with Crippen LogP contribution in [0.25, 0.3) is 0 Å². The molecule has 1 atom stereocenters. The number of ether oxygens (including phenoxy) is 1. The van der Waals surface area contributed by atoms with Gasteiger partial charge >= 0.3 is 6.18 Å². The van der Waals surface area contributed by atoms with E-state index in [9.17, 15) is 13.2 Å². The molecule has 0 saturated heterocycles. The third-order valence-corrected chi connectivity index (χ3v) is 4.05. The summed E-state index contributed by atoms with van der Waals surface area (Å²) in [6, 6.07) is 5.52. The van der Waals surface area contributed by atoms with Gasteiger partial charge in [-0.3, -0.25) is 0 Å². The summed E-state index contributed by atoms with van der Waals surface area (Å²) in [7, 11) is 1.57. The van der Waals surface area contributed by atoms with Crippen LogP contribution < -0.4 is 5.32 Å². The quantitative estimate of drug-likeness (QED) is 0.909. The Labute approximate surface area is 137 Å². The van der Waals surface area contributed by atoms with E-state index in [0.29, 0.717) is 12.4 Å². The number of halogens is 3. The molecule has 1 N–H and O–H groups in total. The minimum Gasteiger partial charge on any atom is -0.377 e. The van der Waals surface area contributed by atoms with Crippen molar-refractivity contribution < 1.29 is 17.9 Å². The van der Waals surface area contributed by atoms with Gasteiger partial charge in [0.05, 0.1) is 11.6 Å². The third kappa shape index (κ3) is 3.59. The van der Waals surface area contributed by atoms with Crippen molar-refractivity contribution in [3.63, 3.8) is 0 Å². The highest BCUT2D eigenvalue weighted by molar-refractivity contribution is 5.29. The predicted octanol–water partition coefficient (Wildman–Crippen LogP) is 3.07. The highest BCUT2D eigenvalue weighted by Crippen LogP contribution is 2.32. The van der Waals surface area contributed by atoms with Crippen molar-refractivity contribution in [2.75, 3.05) is 7.11 Å². The van der Waals surface area contributed by atoms with E-state index in [1.54, 1.807) is 13.2 Å². The van der Waals surface area contributed by atoms with E-state index >= 15 is 0 Å². The lowest BCUT2D eigenvalue weighted by molar-refractivity contribution is -0.138. The van der Waals surface area contributed by atoms with Crippen LogP contribution in [-0.4, -0.2) is 21.9 Å². The van der Waals surface area contributed by atoms with Crippen molar-refractivity contribution in [2.24, 2.45) is 0 Å². The van der Waals surface area contributed by atoms with Gasteiger partial charge in [-0.2, -0.15) is 18.3 Å². The highest BCUT2D eigenvalue weighted by atomic mass is 19.4. The van der Waals surface area contributed by atoms with E-state index in [1.165, 1.54) is 12.1 Å². The van der Waals surface area contributed by atoms with Crippen LogP contribution in [0.5, 0.6) is 0 Å². The summed E-state index contributed by atoms with van der Waals surface area (Å²) in [5.74, 6) is 1.36. The van der Waals surface area contributed by atoms with Crippen molar-refractivity contribution >= 4 is 0 Å². The summed E-state index contributed by atoms with van der Waals surface area (Å²) >= 11 is 0. The number of alkyl halides is 3. The minimum absolute atomic E-state index is 0.113. The van der Waals surface area contributed by atoms with Gasteiger partial charge in [-0.15, -0.1) is 0 Å². The molecular weight excluding hydrogens is 321 g/mol. The largest absolute Gasteiger partial charge is 0.416 e. The fraction of sp³-hybridized carbons (Fsp3) is 0.500. The number of methoxy groups -OCH3 is 1. The molecule has 2 aromatic rings. The van der Waals surface area contributed by atoms with Crippen LogP contribution >= 0.6 is 0 Å². The van der Waals surface area contributed by atoms with Crippen LogP contribution in [0.15, 0.2) is 24.3 Å². The fourth-order valence-electron chi connectivity index (χ4n) is 2.97. The molecule has 0 bridgehead atoms. The van der Waals surface area contributed by atoms with Crippen LogP contribution in [0.3, 0.4) is 0 Å². The average molecular weight is 340 g/mol. The number of fused-ring (bicyclic) bond motifs is 1. The van der Waals surface area contributed by atoms with Crippen LogP contribution in [0.2, 0.25) is 0 Å². The number of rotatable bonds is 5. The molecule has 0 amide bonds. The van der Waals surface area contributed by atoms with Crippen LogP contribution in [0, 0.1) is 0 Å². The summed E-state index contributed by atoms with van der Waals surface area (Å²) in [5.41, 5.74) is -0.367. The number of hydrogen-bond donors (Lipinski definition) is 1. The molecule has 0 radical (unpaired) electrons. The number of hydrogen-bond acceptors (Lipinski definition) is 4. The maximum absolute atomic E-state index is 13.1. The molecular formula is C16H19F3N4O. The molecule has 1 aromatic heterocycles. The second-order valence-corrected chi connectivity index (χ2v) is 5.77. The topological polar surface area (TPSA) is 52.0 Å². The van der Waals surface area contributed by atoms with Crippen molar-refractivity contribution in [2.45, 2.75) is 44.8 Å². The second-order valence-electron chi connectivity index (χ2n) is 5.77. The lowest BCUT2D eigenvalue weighted by atomic mass is 10.0. The molecule has 8 heteroatoms. The van der Waals surface area contributed by atoms with E-state index < -0.39 is 11.7 Å². The average Bonchev–Trinajstić information content (AvgIpc) is 2.96. The molecule has 2 heterocycles. The number of aryl methyl sites for hydroxylation is 1. The minimum atomic E-state index is -4.35. The second kappa shape index (κ2) is 6.90. The Hall–Kier alpha value is -1.93. The summed E-state index contributed by atoms with van der Waals surface area (Å²) in [6.45, 7) is 1.22. The first-order valence-corrected chi connectivity index (χ1v) is 7.80. The third-order valence-electron chi connectivity index (χ3n) is 4.05. The Kier molecular flexibility index (Phi) is 4.86. The Bertz CT molecular complexity index is 699. The zero-order valence-corrected chi connectivity index (χ0v) is 13.3. The highest BCUT2D eigenvalue weighted by Gasteiger charge is 2.33. The van der Waals surface area contributed by atoms with Gasteiger partial charge < -0.3 is 10.1 Å². The standard InChI is InChI=1S/C16H19F3N4O/c1-24-10-14-21-15-13(7-4-8-23(15)22-14)20-9-11-5-2-3-6-12(11)16(17,18)19/h2-3,5-6,13,20H,4,7-10H2,1H3/t13-/m0/s1. The Morgan fingerprint density at radius 1 is 1.33 bits per heavy atom. The zero-order chi connectivity index (χ0) is 17.2. The van der Waals surface area contributed by atoms with E-state index in [-0.39, 0.29) is 18.2 Å². The van der Waals surface area contributed by atoms with Gasteiger partial charge in [0.1, 0.15) is 12.4 Å². The predicted molar refractivity (Wildman–Crippen MR) is 81.0 cm³/mol. The number of nitrogens with one attached hydrogen (secondary N) is 1. The van der Waals surface area contributed by atoms with Crippen molar-refractivity contribution in [3.8, 4) is 0 Å². The fourth-order valence-corrected chi connectivity index (χ4v) is 2.97. The molecule has 1 aliphatic rings. The number of benzene rings is 1. The maximum Gasteiger partial charge on any atom is 0.416 e. The molecule has 5 nitrogen and oxygen atoms in total. The molecule has 0 fully saturated rings. The van der Waals surface area contributed by atoms with Crippen molar-refractivity contribution in [1.82, 2.24) is 20.1 Å². The molecule has 0 saturated carbocycles. The molecule has 0 aliphatic carbocycles. The lowest BCUT2D eigenvalue weighted by Gasteiger charge is -2.24. The molecule has 24 heavy (non-hydrogen) atoms. The Balaban J connectivity index is 1.75. The van der Waals surface area contributed by atoms with Crippen molar-refractivity contribution in [1.29, 1.82) is 0 Å². The summed E-state index contributed by atoms with van der Waals surface area (Å²) in [6.07, 6.45) is -2.63.